The summed E-state index contributed by atoms with van der Waals surface area (Å²) < 4.78 is 38.6. The van der Waals surface area contributed by atoms with Crippen LogP contribution in [0, 0.1) is 0 Å². The van der Waals surface area contributed by atoms with Gasteiger partial charge in [-0.1, -0.05) is 30.3 Å². The van der Waals surface area contributed by atoms with Crippen LogP contribution in [-0.4, -0.2) is 85.6 Å². The number of benzene rings is 1. The van der Waals surface area contributed by atoms with E-state index in [1.807, 2.05) is 35.2 Å². The van der Waals surface area contributed by atoms with E-state index in [1.165, 1.54) is 11.8 Å². The van der Waals surface area contributed by atoms with E-state index >= 15 is 0 Å². The lowest BCUT2D eigenvalue weighted by Crippen LogP contribution is -2.56. The molecule has 1 amide bonds. The van der Waals surface area contributed by atoms with E-state index < -0.39 is 12.2 Å². The molecular formula is C20H31F3IN5O. The van der Waals surface area contributed by atoms with Crippen LogP contribution in [0.3, 0.4) is 0 Å². The van der Waals surface area contributed by atoms with Gasteiger partial charge in [-0.05, 0) is 12.5 Å². The minimum Gasteiger partial charge on any atom is -0.356 e. The second-order valence-electron chi connectivity index (χ2n) is 7.20. The van der Waals surface area contributed by atoms with Crippen molar-refractivity contribution < 1.29 is 18.0 Å². The summed E-state index contributed by atoms with van der Waals surface area (Å²) in [7, 11) is 3.40. The molecule has 0 aromatic heterocycles. The minimum atomic E-state index is -4.21. The molecule has 1 heterocycles. The lowest BCUT2D eigenvalue weighted by atomic mass is 10.2. The van der Waals surface area contributed by atoms with E-state index in [4.69, 9.17) is 0 Å². The lowest BCUT2D eigenvalue weighted by Gasteiger charge is -2.39. The number of aliphatic imine (C=N–C) groups is 1. The molecule has 1 fully saturated rings. The van der Waals surface area contributed by atoms with Gasteiger partial charge >= 0.3 is 6.18 Å². The highest BCUT2D eigenvalue weighted by molar-refractivity contribution is 14.0. The highest BCUT2D eigenvalue weighted by Crippen LogP contribution is 2.25. The van der Waals surface area contributed by atoms with Crippen molar-refractivity contribution in [3.63, 3.8) is 0 Å². The first-order valence-electron chi connectivity index (χ1n) is 9.76. The van der Waals surface area contributed by atoms with Crippen LogP contribution in [-0.2, 0) is 11.3 Å². The summed E-state index contributed by atoms with van der Waals surface area (Å²) in [6.45, 7) is 3.72. The monoisotopic (exact) mass is 541 g/mol. The summed E-state index contributed by atoms with van der Waals surface area (Å²) in [4.78, 5) is 21.6. The molecule has 1 saturated heterocycles. The van der Waals surface area contributed by atoms with Crippen LogP contribution in [0.5, 0.6) is 0 Å². The van der Waals surface area contributed by atoms with Crippen LogP contribution in [0.15, 0.2) is 35.3 Å². The van der Waals surface area contributed by atoms with Gasteiger partial charge in [-0.2, -0.15) is 13.2 Å². The van der Waals surface area contributed by atoms with Gasteiger partial charge in [0.2, 0.25) is 5.91 Å². The van der Waals surface area contributed by atoms with E-state index in [-0.39, 0.29) is 29.9 Å². The molecule has 1 aromatic rings. The number of guanidine groups is 1. The summed E-state index contributed by atoms with van der Waals surface area (Å²) >= 11 is 0. The van der Waals surface area contributed by atoms with E-state index in [9.17, 15) is 18.0 Å². The number of hydrogen-bond acceptors (Lipinski definition) is 3. The maximum absolute atomic E-state index is 12.9. The quantitative estimate of drug-likeness (QED) is 0.342. The third-order valence-corrected chi connectivity index (χ3v) is 5.16. The second kappa shape index (κ2) is 12.3. The highest BCUT2D eigenvalue weighted by atomic mass is 127. The molecule has 170 valence electrons. The van der Waals surface area contributed by atoms with Crippen molar-refractivity contribution in [2.75, 3.05) is 46.8 Å². The predicted molar refractivity (Wildman–Crippen MR) is 123 cm³/mol. The third kappa shape index (κ3) is 7.93. The largest absolute Gasteiger partial charge is 0.403 e. The van der Waals surface area contributed by atoms with Crippen molar-refractivity contribution >= 4 is 35.8 Å². The Morgan fingerprint density at radius 2 is 1.80 bits per heavy atom. The summed E-state index contributed by atoms with van der Waals surface area (Å²) in [6.07, 6.45) is -3.90. The second-order valence-corrected chi connectivity index (χ2v) is 7.20. The number of nitrogens with zero attached hydrogens (tertiary/aromatic N) is 4. The first-order valence-corrected chi connectivity index (χ1v) is 9.76. The Morgan fingerprint density at radius 1 is 1.20 bits per heavy atom. The Morgan fingerprint density at radius 3 is 2.33 bits per heavy atom. The van der Waals surface area contributed by atoms with Gasteiger partial charge in [0.05, 0.1) is 0 Å². The van der Waals surface area contributed by atoms with E-state index in [2.05, 4.69) is 10.3 Å². The van der Waals surface area contributed by atoms with Crippen LogP contribution >= 0.6 is 24.0 Å². The van der Waals surface area contributed by atoms with Crippen LogP contribution < -0.4 is 5.32 Å². The number of amides is 1. The summed E-state index contributed by atoms with van der Waals surface area (Å²) in [5.74, 6) is 0.628. The summed E-state index contributed by atoms with van der Waals surface area (Å²) in [6, 6.07) is 8.32. The van der Waals surface area contributed by atoms with E-state index in [1.54, 1.807) is 19.0 Å². The smallest absolute Gasteiger partial charge is 0.356 e. The maximum atomic E-state index is 12.9. The number of nitrogens with one attached hydrogen (secondary N) is 1. The Hall–Kier alpha value is -1.56. The first kappa shape index (κ1) is 26.5. The molecular weight excluding hydrogens is 510 g/mol. The van der Waals surface area contributed by atoms with Crippen molar-refractivity contribution in [3.05, 3.63) is 35.9 Å². The van der Waals surface area contributed by atoms with Crippen molar-refractivity contribution in [1.82, 2.24) is 20.0 Å². The molecule has 1 aliphatic rings. The van der Waals surface area contributed by atoms with Gasteiger partial charge in [0.15, 0.2) is 5.96 Å². The molecule has 0 radical (unpaired) electrons. The Balaban J connectivity index is 0.00000450. The Labute approximate surface area is 193 Å². The maximum Gasteiger partial charge on any atom is 0.403 e. The topological polar surface area (TPSA) is 51.2 Å². The predicted octanol–water partition coefficient (Wildman–Crippen LogP) is 2.80. The zero-order chi connectivity index (χ0) is 21.4. The van der Waals surface area contributed by atoms with Crippen LogP contribution in [0.2, 0.25) is 0 Å². The fourth-order valence-corrected chi connectivity index (χ4v) is 3.28. The zero-order valence-electron chi connectivity index (χ0n) is 17.7. The molecule has 1 N–H and O–H groups in total. The van der Waals surface area contributed by atoms with Crippen molar-refractivity contribution in [1.29, 1.82) is 0 Å². The molecule has 30 heavy (non-hydrogen) atoms. The van der Waals surface area contributed by atoms with Crippen molar-refractivity contribution in [3.8, 4) is 0 Å². The molecule has 0 aliphatic carbocycles. The number of alkyl halides is 3. The van der Waals surface area contributed by atoms with E-state index in [0.717, 1.165) is 5.56 Å². The minimum absolute atomic E-state index is 0. The summed E-state index contributed by atoms with van der Waals surface area (Å²) in [5, 5.41) is 3.15. The number of carbonyl (C=O) groups excluding carboxylic acids is 1. The van der Waals surface area contributed by atoms with E-state index in [0.29, 0.717) is 51.6 Å². The Bertz CT molecular complexity index is 679. The number of carbonyl (C=O) groups is 1. The molecule has 0 bridgehead atoms. The number of rotatable bonds is 6. The molecule has 2 rings (SSSR count). The average Bonchev–Trinajstić information content (AvgIpc) is 2.70. The van der Waals surface area contributed by atoms with Crippen molar-refractivity contribution in [2.45, 2.75) is 32.1 Å². The van der Waals surface area contributed by atoms with Crippen LogP contribution in [0.25, 0.3) is 0 Å². The van der Waals surface area contributed by atoms with Gasteiger partial charge in [0.25, 0.3) is 0 Å². The number of halogens is 4. The van der Waals surface area contributed by atoms with Gasteiger partial charge in [-0.25, -0.2) is 0 Å². The number of hydrogen-bond donors (Lipinski definition) is 1. The van der Waals surface area contributed by atoms with Gasteiger partial charge in [0, 0.05) is 59.8 Å². The molecule has 0 saturated carbocycles. The fraction of sp³-hybridized carbons (Fsp3) is 0.600. The SMILES string of the molecule is CN=C(NCCC(=O)N(C)Cc1ccccc1)N1CCN(C(C)C(F)(F)F)CC1.I. The average molecular weight is 541 g/mol. The molecule has 1 aliphatic heterocycles. The van der Waals surface area contributed by atoms with Gasteiger partial charge < -0.3 is 15.1 Å². The Kier molecular flexibility index (Phi) is 10.9. The zero-order valence-corrected chi connectivity index (χ0v) is 20.0. The lowest BCUT2D eigenvalue weighted by molar-refractivity contribution is -0.181. The molecule has 1 aromatic carbocycles. The van der Waals surface area contributed by atoms with Gasteiger partial charge in [-0.3, -0.25) is 14.7 Å². The molecule has 10 heteroatoms. The summed E-state index contributed by atoms with van der Waals surface area (Å²) in [5.41, 5.74) is 1.07. The van der Waals surface area contributed by atoms with Crippen molar-refractivity contribution in [2.24, 2.45) is 4.99 Å². The molecule has 0 spiro atoms. The van der Waals surface area contributed by atoms with Gasteiger partial charge in [-0.15, -0.1) is 24.0 Å². The highest BCUT2D eigenvalue weighted by Gasteiger charge is 2.41. The normalized spacial score (nSPS) is 16.6. The molecule has 1 atom stereocenters. The van der Waals surface area contributed by atoms with Crippen LogP contribution in [0.4, 0.5) is 13.2 Å². The number of piperazine rings is 1. The van der Waals surface area contributed by atoms with Gasteiger partial charge in [0.1, 0.15) is 6.04 Å². The first-order chi connectivity index (χ1) is 13.7. The molecule has 1 unspecified atom stereocenters. The fourth-order valence-electron chi connectivity index (χ4n) is 3.28. The standard InChI is InChI=1S/C20H30F3N5O.HI/c1-16(20(21,22)23)27-11-13-28(14-12-27)19(24-2)25-10-9-18(29)26(3)15-17-7-5-4-6-8-17;/h4-8,16H,9-15H2,1-3H3,(H,24,25);1H. The molecule has 6 nitrogen and oxygen atoms in total. The third-order valence-electron chi connectivity index (χ3n) is 5.16. The van der Waals surface area contributed by atoms with Crippen LogP contribution in [0.1, 0.15) is 18.9 Å².